The monoisotopic (exact) mass is 190 g/mol. The lowest BCUT2D eigenvalue weighted by Crippen LogP contribution is -2.17. The Morgan fingerprint density at radius 3 is 3.07 bits per heavy atom. The van der Waals surface area contributed by atoms with E-state index >= 15 is 0 Å². The van der Waals surface area contributed by atoms with Crippen LogP contribution in [-0.2, 0) is 0 Å². The van der Waals surface area contributed by atoms with Crippen molar-refractivity contribution in [3.63, 3.8) is 0 Å². The number of aromatic nitrogens is 1. The lowest BCUT2D eigenvalue weighted by atomic mass is 10.1. The number of nitrogens with zero attached hydrogens (tertiary/aromatic N) is 1. The summed E-state index contributed by atoms with van der Waals surface area (Å²) in [6, 6.07) is 4.52. The molecule has 0 radical (unpaired) electrons. The summed E-state index contributed by atoms with van der Waals surface area (Å²) in [5.41, 5.74) is 1.10. The summed E-state index contributed by atoms with van der Waals surface area (Å²) in [6.45, 7) is 5.93. The minimum absolute atomic E-state index is 0.525. The molecule has 76 valence electrons. The van der Waals surface area contributed by atoms with Gasteiger partial charge in [-0.3, -0.25) is 4.98 Å². The van der Waals surface area contributed by atoms with Gasteiger partial charge in [-0.25, -0.2) is 0 Å². The van der Waals surface area contributed by atoms with Crippen LogP contribution in [0, 0.1) is 0 Å². The fourth-order valence-electron chi connectivity index (χ4n) is 1.38. The molecule has 0 saturated carbocycles. The van der Waals surface area contributed by atoms with Crippen LogP contribution in [0.1, 0.15) is 26.2 Å². The van der Waals surface area contributed by atoms with Crippen LogP contribution in [0.5, 0.6) is 0 Å². The second-order valence-corrected chi connectivity index (χ2v) is 3.36. The van der Waals surface area contributed by atoms with Crippen molar-refractivity contribution in [2.45, 2.75) is 32.2 Å². The van der Waals surface area contributed by atoms with Gasteiger partial charge in [-0.1, -0.05) is 13.0 Å². The topological polar surface area (TPSA) is 24.9 Å². The molecular weight excluding hydrogens is 172 g/mol. The fourth-order valence-corrected chi connectivity index (χ4v) is 1.38. The zero-order valence-electron chi connectivity index (χ0n) is 8.74. The molecule has 1 rings (SSSR count). The summed E-state index contributed by atoms with van der Waals surface area (Å²) in [5, 5.41) is 3.45. The van der Waals surface area contributed by atoms with Crippen molar-refractivity contribution in [2.75, 3.05) is 5.32 Å². The molecule has 1 heterocycles. The third-order valence-corrected chi connectivity index (χ3v) is 2.24. The first-order valence-corrected chi connectivity index (χ1v) is 5.14. The Balaban J connectivity index is 2.44. The Morgan fingerprint density at radius 1 is 1.64 bits per heavy atom. The van der Waals surface area contributed by atoms with Crippen LogP contribution < -0.4 is 5.32 Å². The molecule has 0 aromatic carbocycles. The van der Waals surface area contributed by atoms with Crippen molar-refractivity contribution in [1.82, 2.24) is 4.98 Å². The van der Waals surface area contributed by atoms with E-state index in [2.05, 4.69) is 23.8 Å². The van der Waals surface area contributed by atoms with Crippen LogP contribution in [0.3, 0.4) is 0 Å². The standard InChI is InChI=1S/C12H18N2/c1-3-5-7-11(4-2)14-12-8-6-9-13-10-12/h3,6,8-11,14H,1,4-5,7H2,2H3. The smallest absolute Gasteiger partial charge is 0.0528 e. The molecule has 1 aromatic rings. The zero-order valence-corrected chi connectivity index (χ0v) is 8.74. The normalized spacial score (nSPS) is 12.1. The largest absolute Gasteiger partial charge is 0.381 e. The number of pyridine rings is 1. The van der Waals surface area contributed by atoms with Crippen molar-refractivity contribution in [2.24, 2.45) is 0 Å². The van der Waals surface area contributed by atoms with Crippen LogP contribution in [0.4, 0.5) is 5.69 Å². The summed E-state index contributed by atoms with van der Waals surface area (Å²) in [7, 11) is 0. The minimum atomic E-state index is 0.525. The predicted octanol–water partition coefficient (Wildman–Crippen LogP) is 3.24. The summed E-state index contributed by atoms with van der Waals surface area (Å²) < 4.78 is 0. The molecule has 1 aromatic heterocycles. The van der Waals surface area contributed by atoms with Gasteiger partial charge in [0.2, 0.25) is 0 Å². The maximum absolute atomic E-state index is 4.07. The van der Waals surface area contributed by atoms with Gasteiger partial charge in [0.15, 0.2) is 0 Å². The molecule has 0 bridgehead atoms. The Hall–Kier alpha value is -1.31. The molecular formula is C12H18N2. The van der Waals surface area contributed by atoms with Crippen LogP contribution in [0.25, 0.3) is 0 Å². The SMILES string of the molecule is C=CCCC(CC)Nc1cccnc1. The Labute approximate surface area is 86.1 Å². The number of allylic oxidation sites excluding steroid dienone is 1. The summed E-state index contributed by atoms with van der Waals surface area (Å²) in [4.78, 5) is 4.07. The van der Waals surface area contributed by atoms with E-state index < -0.39 is 0 Å². The molecule has 1 N–H and O–H groups in total. The molecule has 2 heteroatoms. The lowest BCUT2D eigenvalue weighted by Gasteiger charge is -2.16. The highest BCUT2D eigenvalue weighted by atomic mass is 14.9. The predicted molar refractivity (Wildman–Crippen MR) is 61.4 cm³/mol. The van der Waals surface area contributed by atoms with E-state index in [1.807, 2.05) is 24.4 Å². The van der Waals surface area contributed by atoms with E-state index in [4.69, 9.17) is 0 Å². The molecule has 14 heavy (non-hydrogen) atoms. The quantitative estimate of drug-likeness (QED) is 0.696. The second-order valence-electron chi connectivity index (χ2n) is 3.36. The van der Waals surface area contributed by atoms with Crippen molar-refractivity contribution in [3.05, 3.63) is 37.2 Å². The first-order chi connectivity index (χ1) is 6.86. The van der Waals surface area contributed by atoms with Crippen LogP contribution in [-0.4, -0.2) is 11.0 Å². The van der Waals surface area contributed by atoms with Crippen molar-refractivity contribution in [1.29, 1.82) is 0 Å². The average molecular weight is 190 g/mol. The van der Waals surface area contributed by atoms with Gasteiger partial charge in [0.25, 0.3) is 0 Å². The van der Waals surface area contributed by atoms with Crippen molar-refractivity contribution in [3.8, 4) is 0 Å². The number of anilines is 1. The molecule has 0 amide bonds. The first-order valence-electron chi connectivity index (χ1n) is 5.14. The second kappa shape index (κ2) is 6.19. The molecule has 2 nitrogen and oxygen atoms in total. The van der Waals surface area contributed by atoms with Gasteiger partial charge >= 0.3 is 0 Å². The molecule has 0 spiro atoms. The fraction of sp³-hybridized carbons (Fsp3) is 0.417. The van der Waals surface area contributed by atoms with Gasteiger partial charge in [-0.2, -0.15) is 0 Å². The summed E-state index contributed by atoms with van der Waals surface area (Å²) in [6.07, 6.45) is 8.93. The van der Waals surface area contributed by atoms with E-state index in [9.17, 15) is 0 Å². The highest BCUT2D eigenvalue weighted by Crippen LogP contribution is 2.11. The van der Waals surface area contributed by atoms with Gasteiger partial charge < -0.3 is 5.32 Å². The molecule has 1 atom stereocenters. The Morgan fingerprint density at radius 2 is 2.50 bits per heavy atom. The van der Waals surface area contributed by atoms with E-state index in [-0.39, 0.29) is 0 Å². The Bertz CT molecular complexity index is 256. The van der Waals surface area contributed by atoms with Crippen LogP contribution in [0.2, 0.25) is 0 Å². The van der Waals surface area contributed by atoms with Gasteiger partial charge in [-0.15, -0.1) is 6.58 Å². The van der Waals surface area contributed by atoms with Crippen molar-refractivity contribution < 1.29 is 0 Å². The highest BCUT2D eigenvalue weighted by molar-refractivity contribution is 5.40. The van der Waals surface area contributed by atoms with Crippen LogP contribution in [0.15, 0.2) is 37.2 Å². The Kier molecular flexibility index (Phi) is 4.76. The van der Waals surface area contributed by atoms with E-state index in [1.165, 1.54) is 0 Å². The molecule has 0 aliphatic heterocycles. The highest BCUT2D eigenvalue weighted by Gasteiger charge is 2.03. The van der Waals surface area contributed by atoms with Gasteiger partial charge in [-0.05, 0) is 31.4 Å². The number of nitrogens with one attached hydrogen (secondary N) is 1. The van der Waals surface area contributed by atoms with E-state index in [1.54, 1.807) is 6.20 Å². The molecule has 0 aliphatic rings. The zero-order chi connectivity index (χ0) is 10.2. The third kappa shape index (κ3) is 3.60. The maximum Gasteiger partial charge on any atom is 0.0528 e. The molecule has 0 fully saturated rings. The molecule has 0 saturated heterocycles. The number of hydrogen-bond donors (Lipinski definition) is 1. The average Bonchev–Trinajstić information content (AvgIpc) is 2.25. The maximum atomic E-state index is 4.07. The third-order valence-electron chi connectivity index (χ3n) is 2.24. The van der Waals surface area contributed by atoms with E-state index in [0.29, 0.717) is 6.04 Å². The summed E-state index contributed by atoms with van der Waals surface area (Å²) in [5.74, 6) is 0. The number of rotatable bonds is 6. The van der Waals surface area contributed by atoms with Gasteiger partial charge in [0.05, 0.1) is 5.69 Å². The van der Waals surface area contributed by atoms with E-state index in [0.717, 1.165) is 24.9 Å². The van der Waals surface area contributed by atoms with Gasteiger partial charge in [0, 0.05) is 18.4 Å². The van der Waals surface area contributed by atoms with Crippen molar-refractivity contribution >= 4 is 5.69 Å². The lowest BCUT2D eigenvalue weighted by molar-refractivity contribution is 0.641. The first kappa shape index (κ1) is 10.8. The molecule has 1 unspecified atom stereocenters. The molecule has 0 aliphatic carbocycles. The number of hydrogen-bond acceptors (Lipinski definition) is 2. The van der Waals surface area contributed by atoms with Crippen LogP contribution >= 0.6 is 0 Å². The minimum Gasteiger partial charge on any atom is -0.381 e. The van der Waals surface area contributed by atoms with Gasteiger partial charge in [0.1, 0.15) is 0 Å². The summed E-state index contributed by atoms with van der Waals surface area (Å²) >= 11 is 0.